The molecular weight excluding hydrogens is 290 g/mol. The first-order valence-corrected chi connectivity index (χ1v) is 7.40. The lowest BCUT2D eigenvalue weighted by molar-refractivity contribution is -0.138. The molecule has 0 aromatic heterocycles. The first-order valence-electron chi connectivity index (χ1n) is 7.40. The summed E-state index contributed by atoms with van der Waals surface area (Å²) in [6, 6.07) is 16.4. The highest BCUT2D eigenvalue weighted by Gasteiger charge is 2.46. The predicted octanol–water partition coefficient (Wildman–Crippen LogP) is 2.89. The van der Waals surface area contributed by atoms with Crippen LogP contribution in [0.5, 0.6) is 0 Å². The highest BCUT2D eigenvalue weighted by atomic mass is 16.3. The third-order valence-corrected chi connectivity index (χ3v) is 4.03. The van der Waals surface area contributed by atoms with Gasteiger partial charge in [-0.1, -0.05) is 48.5 Å². The van der Waals surface area contributed by atoms with Crippen LogP contribution < -0.4 is 5.32 Å². The normalized spacial score (nSPS) is 20.1. The minimum absolute atomic E-state index is 0.278. The van der Waals surface area contributed by atoms with Gasteiger partial charge in [0.2, 0.25) is 0 Å². The molecule has 0 radical (unpaired) electrons. The van der Waals surface area contributed by atoms with Gasteiger partial charge in [-0.3, -0.25) is 9.59 Å². The standard InChI is InChI=1S/C19H17NO3/c1-13(14-7-3-2-4-8-14)11-15(21)12-19(23)16-9-5-6-10-17(16)20-18(19)22/h2-11,23H,12H2,1H3,(H,20,22)/b13-11+/t19-/m1/s1. The molecule has 0 saturated carbocycles. The highest BCUT2D eigenvalue weighted by Crippen LogP contribution is 2.38. The lowest BCUT2D eigenvalue weighted by atomic mass is 9.89. The molecule has 3 rings (SSSR count). The van der Waals surface area contributed by atoms with Gasteiger partial charge in [-0.2, -0.15) is 0 Å². The van der Waals surface area contributed by atoms with Gasteiger partial charge in [0, 0.05) is 11.3 Å². The second-order valence-electron chi connectivity index (χ2n) is 5.70. The number of rotatable bonds is 4. The summed E-state index contributed by atoms with van der Waals surface area (Å²) in [4.78, 5) is 24.4. The van der Waals surface area contributed by atoms with Gasteiger partial charge >= 0.3 is 0 Å². The van der Waals surface area contributed by atoms with Crippen molar-refractivity contribution in [3.05, 3.63) is 71.8 Å². The maximum absolute atomic E-state index is 12.3. The van der Waals surface area contributed by atoms with Crippen molar-refractivity contribution in [1.82, 2.24) is 0 Å². The quantitative estimate of drug-likeness (QED) is 0.854. The fourth-order valence-electron chi connectivity index (χ4n) is 2.81. The zero-order valence-electron chi connectivity index (χ0n) is 12.7. The van der Waals surface area contributed by atoms with E-state index in [-0.39, 0.29) is 12.2 Å². The molecule has 0 bridgehead atoms. The molecule has 0 saturated heterocycles. The summed E-state index contributed by atoms with van der Waals surface area (Å²) in [5, 5.41) is 13.3. The fourth-order valence-corrected chi connectivity index (χ4v) is 2.81. The molecule has 4 nitrogen and oxygen atoms in total. The Balaban J connectivity index is 1.84. The molecule has 1 amide bonds. The Bertz CT molecular complexity index is 795. The van der Waals surface area contributed by atoms with Crippen LogP contribution in [0.4, 0.5) is 5.69 Å². The number of allylic oxidation sites excluding steroid dienone is 2. The van der Waals surface area contributed by atoms with E-state index in [9.17, 15) is 14.7 Å². The number of carbonyl (C=O) groups excluding carboxylic acids is 2. The summed E-state index contributed by atoms with van der Waals surface area (Å²) < 4.78 is 0. The monoisotopic (exact) mass is 307 g/mol. The van der Waals surface area contributed by atoms with E-state index in [0.29, 0.717) is 11.3 Å². The number of amides is 1. The van der Waals surface area contributed by atoms with E-state index in [0.717, 1.165) is 11.1 Å². The van der Waals surface area contributed by atoms with E-state index >= 15 is 0 Å². The largest absolute Gasteiger partial charge is 0.375 e. The lowest BCUT2D eigenvalue weighted by Crippen LogP contribution is -2.36. The molecule has 1 aliphatic heterocycles. The van der Waals surface area contributed by atoms with E-state index in [1.807, 2.05) is 37.3 Å². The first kappa shape index (κ1) is 15.2. The van der Waals surface area contributed by atoms with Crippen LogP contribution in [0.15, 0.2) is 60.7 Å². The van der Waals surface area contributed by atoms with Crippen molar-refractivity contribution < 1.29 is 14.7 Å². The molecule has 2 N–H and O–H groups in total. The number of anilines is 1. The molecule has 2 aromatic rings. The predicted molar refractivity (Wildman–Crippen MR) is 88.7 cm³/mol. The summed E-state index contributed by atoms with van der Waals surface area (Å²) in [5.41, 5.74) is 0.928. The van der Waals surface area contributed by atoms with E-state index in [4.69, 9.17) is 0 Å². The van der Waals surface area contributed by atoms with Gasteiger partial charge in [0.25, 0.3) is 5.91 Å². The lowest BCUT2D eigenvalue weighted by Gasteiger charge is -2.19. The van der Waals surface area contributed by atoms with Gasteiger partial charge in [0.05, 0.1) is 6.42 Å². The molecular formula is C19H17NO3. The van der Waals surface area contributed by atoms with Crippen LogP contribution in [0.25, 0.3) is 5.57 Å². The van der Waals surface area contributed by atoms with E-state index in [1.165, 1.54) is 6.08 Å². The van der Waals surface area contributed by atoms with Crippen molar-refractivity contribution in [2.45, 2.75) is 18.9 Å². The second kappa shape index (κ2) is 5.82. The van der Waals surface area contributed by atoms with Crippen LogP contribution in [0.2, 0.25) is 0 Å². The van der Waals surface area contributed by atoms with E-state index in [1.54, 1.807) is 24.3 Å². The Labute approximate surface area is 134 Å². The number of aliphatic hydroxyl groups is 1. The number of benzene rings is 2. The fraction of sp³-hybridized carbons (Fsp3) is 0.158. The molecule has 0 unspecified atom stereocenters. The Hall–Kier alpha value is -2.72. The van der Waals surface area contributed by atoms with Gasteiger partial charge < -0.3 is 10.4 Å². The van der Waals surface area contributed by atoms with Gasteiger partial charge in [-0.05, 0) is 30.2 Å². The van der Waals surface area contributed by atoms with Crippen molar-refractivity contribution in [2.24, 2.45) is 0 Å². The summed E-state index contributed by atoms with van der Waals surface area (Å²) >= 11 is 0. The molecule has 1 heterocycles. The molecule has 1 atom stereocenters. The number of nitrogens with one attached hydrogen (secondary N) is 1. The second-order valence-corrected chi connectivity index (χ2v) is 5.70. The molecule has 116 valence electrons. The average Bonchev–Trinajstić information content (AvgIpc) is 2.79. The van der Waals surface area contributed by atoms with Crippen LogP contribution >= 0.6 is 0 Å². The van der Waals surface area contributed by atoms with Crippen LogP contribution in [0.1, 0.15) is 24.5 Å². The topological polar surface area (TPSA) is 66.4 Å². The number of carbonyl (C=O) groups is 2. The Morgan fingerprint density at radius 3 is 2.52 bits per heavy atom. The molecule has 0 spiro atoms. The minimum Gasteiger partial charge on any atom is -0.375 e. The molecule has 1 aliphatic rings. The number of hydrogen-bond donors (Lipinski definition) is 2. The number of para-hydroxylation sites is 1. The van der Waals surface area contributed by atoms with Crippen LogP contribution in [0, 0.1) is 0 Å². The molecule has 23 heavy (non-hydrogen) atoms. The summed E-state index contributed by atoms with van der Waals surface area (Å²) in [6.45, 7) is 1.83. The van der Waals surface area contributed by atoms with Gasteiger partial charge in [-0.15, -0.1) is 0 Å². The number of hydrogen-bond acceptors (Lipinski definition) is 3. The average molecular weight is 307 g/mol. The Morgan fingerprint density at radius 2 is 1.78 bits per heavy atom. The molecule has 0 fully saturated rings. The Morgan fingerprint density at radius 1 is 1.13 bits per heavy atom. The zero-order chi connectivity index (χ0) is 16.4. The summed E-state index contributed by atoms with van der Waals surface area (Å²) in [7, 11) is 0. The van der Waals surface area contributed by atoms with Gasteiger partial charge in [0.1, 0.15) is 0 Å². The van der Waals surface area contributed by atoms with E-state index < -0.39 is 11.5 Å². The maximum Gasteiger partial charge on any atom is 0.261 e. The highest BCUT2D eigenvalue weighted by molar-refractivity contribution is 6.09. The van der Waals surface area contributed by atoms with Crippen LogP contribution in [0.3, 0.4) is 0 Å². The number of ketones is 1. The van der Waals surface area contributed by atoms with Crippen LogP contribution in [-0.4, -0.2) is 16.8 Å². The Kier molecular flexibility index (Phi) is 3.84. The summed E-state index contributed by atoms with van der Waals surface area (Å²) in [5.74, 6) is -0.849. The maximum atomic E-state index is 12.3. The smallest absolute Gasteiger partial charge is 0.261 e. The van der Waals surface area contributed by atoms with Crippen LogP contribution in [-0.2, 0) is 15.2 Å². The van der Waals surface area contributed by atoms with Crippen molar-refractivity contribution in [3.8, 4) is 0 Å². The molecule has 2 aromatic carbocycles. The zero-order valence-corrected chi connectivity index (χ0v) is 12.7. The summed E-state index contributed by atoms with van der Waals surface area (Å²) in [6.07, 6.45) is 1.20. The van der Waals surface area contributed by atoms with E-state index in [2.05, 4.69) is 5.32 Å². The van der Waals surface area contributed by atoms with Crippen molar-refractivity contribution in [3.63, 3.8) is 0 Å². The third kappa shape index (κ3) is 2.81. The minimum atomic E-state index is -1.80. The van der Waals surface area contributed by atoms with Crippen molar-refractivity contribution >= 4 is 23.0 Å². The third-order valence-electron chi connectivity index (χ3n) is 4.03. The van der Waals surface area contributed by atoms with Crippen molar-refractivity contribution in [1.29, 1.82) is 0 Å². The van der Waals surface area contributed by atoms with Gasteiger partial charge in [0.15, 0.2) is 11.4 Å². The molecule has 0 aliphatic carbocycles. The van der Waals surface area contributed by atoms with Gasteiger partial charge in [-0.25, -0.2) is 0 Å². The molecule has 4 heteroatoms. The first-order chi connectivity index (χ1) is 11.0. The van der Waals surface area contributed by atoms with Crippen molar-refractivity contribution in [2.75, 3.05) is 5.32 Å². The number of fused-ring (bicyclic) bond motifs is 1. The SMILES string of the molecule is C/C(=C\C(=O)C[C@]1(O)C(=O)Nc2ccccc21)c1ccccc1.